The van der Waals surface area contributed by atoms with Crippen molar-refractivity contribution in [2.45, 2.75) is 111 Å². The molecule has 4 aliphatic heterocycles. The van der Waals surface area contributed by atoms with Crippen molar-refractivity contribution in [3.63, 3.8) is 0 Å². The van der Waals surface area contributed by atoms with Gasteiger partial charge >= 0.3 is 19.3 Å². The van der Waals surface area contributed by atoms with Gasteiger partial charge in [0.2, 0.25) is 5.88 Å². The number of hydrogen-bond donors (Lipinski definition) is 2. The molecule has 2 saturated heterocycles. The third-order valence-corrected chi connectivity index (χ3v) is 13.4. The molecule has 5 aromatic carbocycles. The van der Waals surface area contributed by atoms with Gasteiger partial charge in [-0.25, -0.2) is 23.4 Å². The van der Waals surface area contributed by atoms with Crippen LogP contribution in [0.3, 0.4) is 0 Å². The maximum Gasteiger partial charge on any atom is 0.498 e. The van der Waals surface area contributed by atoms with Crippen LogP contribution < -0.4 is 39.9 Å². The zero-order valence-electron chi connectivity index (χ0n) is 45.4. The van der Waals surface area contributed by atoms with Crippen molar-refractivity contribution in [1.29, 1.82) is 0 Å². The number of methoxy groups -OCH3 is 1. The standard InChI is InChI=1S/C35H36FN3O6.C24H29BFNO5/c1-35(2,3)45-34(40)37-26-7-10-31-23(17-26)15-24-16-25(36)18-29(33(24)44-31)30-19-27(39-11-13-42-14-12-39)20-32(38-30)43-21-22-5-8-28(41-4)9-6-22;1-22(2,3)30-21(28)27-17-8-9-19-14(12-17)10-15-11-16(26)13-18(20(15)29-19)25-31-23(4,5)24(6,7)32-25/h5-10,16-20H,11-15,21H2,1-4H3,(H,37,40);8-9,11-13H,10H2,1-7H3,(H,27,28). The minimum atomic E-state index is -0.737. The molecule has 0 bridgehead atoms. The monoisotopic (exact) mass is 1050 g/mol. The lowest BCUT2D eigenvalue weighted by molar-refractivity contribution is 0.00578. The average molecular weight is 1050 g/mol. The Labute approximate surface area is 448 Å². The highest BCUT2D eigenvalue weighted by atomic mass is 19.1. The molecule has 0 atom stereocenters. The van der Waals surface area contributed by atoms with E-state index >= 15 is 4.39 Å². The molecule has 5 heterocycles. The number of rotatable bonds is 9. The number of nitrogens with zero attached hydrogens (tertiary/aromatic N) is 2. The molecule has 4 aliphatic rings. The molecule has 0 radical (unpaired) electrons. The van der Waals surface area contributed by atoms with Gasteiger partial charge in [-0.3, -0.25) is 10.6 Å². The second-order valence-electron chi connectivity index (χ2n) is 22.3. The van der Waals surface area contributed by atoms with Gasteiger partial charge in [0, 0.05) is 82.3 Å². The van der Waals surface area contributed by atoms with Crippen LogP contribution in [0.15, 0.2) is 97.1 Å². The molecule has 404 valence electrons. The van der Waals surface area contributed by atoms with E-state index in [1.54, 1.807) is 72.9 Å². The molecule has 77 heavy (non-hydrogen) atoms. The minimum absolute atomic E-state index is 0.299. The Balaban J connectivity index is 0.000000199. The number of benzene rings is 5. The molecule has 15 nitrogen and oxygen atoms in total. The van der Waals surface area contributed by atoms with Crippen molar-refractivity contribution < 1.29 is 60.8 Å². The second-order valence-corrected chi connectivity index (χ2v) is 22.3. The molecule has 2 N–H and O–H groups in total. The molecular weight excluding hydrogens is 989 g/mol. The highest BCUT2D eigenvalue weighted by molar-refractivity contribution is 6.63. The fourth-order valence-corrected chi connectivity index (χ4v) is 9.02. The first-order valence-electron chi connectivity index (χ1n) is 25.6. The third-order valence-electron chi connectivity index (χ3n) is 13.4. The predicted octanol–water partition coefficient (Wildman–Crippen LogP) is 12.5. The van der Waals surface area contributed by atoms with Crippen LogP contribution in [-0.4, -0.2) is 80.1 Å². The Hall–Kier alpha value is -7.41. The van der Waals surface area contributed by atoms with Crippen molar-refractivity contribution in [3.8, 4) is 45.9 Å². The molecule has 0 unspecified atom stereocenters. The Morgan fingerprint density at radius 2 is 1.21 bits per heavy atom. The average Bonchev–Trinajstić information content (AvgIpc) is 3.63. The Bertz CT molecular complexity index is 3170. The van der Waals surface area contributed by atoms with Gasteiger partial charge in [-0.15, -0.1) is 0 Å². The normalized spacial score (nSPS) is 15.9. The summed E-state index contributed by atoms with van der Waals surface area (Å²) in [6.07, 6.45) is -0.241. The van der Waals surface area contributed by atoms with E-state index < -0.39 is 47.5 Å². The van der Waals surface area contributed by atoms with Crippen LogP contribution in [0.25, 0.3) is 11.3 Å². The first-order chi connectivity index (χ1) is 36.4. The molecule has 2 amide bonds. The van der Waals surface area contributed by atoms with E-state index in [2.05, 4.69) is 15.5 Å². The summed E-state index contributed by atoms with van der Waals surface area (Å²) in [5.74, 6) is 2.72. The highest BCUT2D eigenvalue weighted by Gasteiger charge is 2.53. The number of aromatic nitrogens is 1. The summed E-state index contributed by atoms with van der Waals surface area (Å²) in [7, 11) is 0.891. The SMILES string of the molecule is CC(C)(C)OC(=O)Nc1ccc2c(c1)Cc1cc(F)cc(B3OC(C)(C)C(C)(C)O3)c1O2.COc1ccc(COc2cc(N3CCOCC3)cc(-c3cc(F)cc4c3Oc3ccc(NC(=O)OC(C)(C)C)cc3C4)n2)cc1. The molecule has 0 aliphatic carbocycles. The van der Waals surface area contributed by atoms with Crippen LogP contribution in [0.2, 0.25) is 0 Å². The molecule has 0 spiro atoms. The first-order valence-corrected chi connectivity index (χ1v) is 25.6. The quantitative estimate of drug-likeness (QED) is 0.132. The largest absolute Gasteiger partial charge is 0.498 e. The van der Waals surface area contributed by atoms with Crippen LogP contribution in [0, 0.1) is 11.6 Å². The fourth-order valence-electron chi connectivity index (χ4n) is 9.02. The van der Waals surface area contributed by atoms with Crippen LogP contribution in [0.4, 0.5) is 35.4 Å². The fraction of sp³-hybridized carbons (Fsp3) is 0.373. The van der Waals surface area contributed by atoms with Crippen molar-refractivity contribution in [3.05, 3.63) is 137 Å². The Morgan fingerprint density at radius 3 is 1.75 bits per heavy atom. The zero-order chi connectivity index (χ0) is 55.0. The maximum absolute atomic E-state index is 15.2. The van der Waals surface area contributed by atoms with Crippen molar-refractivity contribution >= 4 is 41.8 Å². The van der Waals surface area contributed by atoms with Crippen molar-refractivity contribution in [2.75, 3.05) is 48.9 Å². The molecule has 1 aromatic heterocycles. The second kappa shape index (κ2) is 21.6. The Morgan fingerprint density at radius 1 is 0.675 bits per heavy atom. The number of nitrogens with one attached hydrogen (secondary N) is 2. The smallest absolute Gasteiger partial charge is 0.497 e. The molecule has 18 heteroatoms. The van der Waals surface area contributed by atoms with E-state index in [4.69, 9.17) is 47.5 Å². The van der Waals surface area contributed by atoms with E-state index in [0.29, 0.717) is 114 Å². The van der Waals surface area contributed by atoms with Crippen LogP contribution in [0.1, 0.15) is 97.1 Å². The van der Waals surface area contributed by atoms with Gasteiger partial charge in [0.15, 0.2) is 0 Å². The summed E-state index contributed by atoms with van der Waals surface area (Å²) in [5, 5.41) is 5.49. The summed E-state index contributed by atoms with van der Waals surface area (Å²) in [6.45, 7) is 21.6. The number of anilines is 3. The zero-order valence-corrected chi connectivity index (χ0v) is 45.4. The number of morpholine rings is 1. The van der Waals surface area contributed by atoms with Gasteiger partial charge in [-0.2, -0.15) is 0 Å². The lowest BCUT2D eigenvalue weighted by Crippen LogP contribution is -2.41. The van der Waals surface area contributed by atoms with Gasteiger partial charge in [0.1, 0.15) is 58.2 Å². The summed E-state index contributed by atoms with van der Waals surface area (Å²) < 4.78 is 82.2. The summed E-state index contributed by atoms with van der Waals surface area (Å²) >= 11 is 0. The van der Waals surface area contributed by atoms with Crippen LogP contribution >= 0.6 is 0 Å². The molecular formula is C59H65BF2N4O11. The van der Waals surface area contributed by atoms with Gasteiger partial charge in [-0.05, 0) is 154 Å². The third kappa shape index (κ3) is 13.1. The number of carbonyl (C=O) groups excluding carboxylic acids is 2. The van der Waals surface area contributed by atoms with Crippen molar-refractivity contribution in [1.82, 2.24) is 4.98 Å². The number of ether oxygens (including phenoxy) is 7. The van der Waals surface area contributed by atoms with E-state index in [-0.39, 0.29) is 5.82 Å². The van der Waals surface area contributed by atoms with E-state index in [9.17, 15) is 14.0 Å². The maximum atomic E-state index is 15.2. The predicted molar refractivity (Wildman–Crippen MR) is 290 cm³/mol. The molecule has 0 saturated carbocycles. The first kappa shape index (κ1) is 54.4. The number of amides is 2. The highest BCUT2D eigenvalue weighted by Crippen LogP contribution is 2.46. The Kier molecular flexibility index (Phi) is 15.2. The topological polar surface area (TPSA) is 157 Å². The van der Waals surface area contributed by atoms with Gasteiger partial charge in [0.25, 0.3) is 0 Å². The lowest BCUT2D eigenvalue weighted by atomic mass is 9.76. The number of pyridine rings is 1. The van der Waals surface area contributed by atoms with E-state index in [1.807, 2.05) is 76.2 Å². The van der Waals surface area contributed by atoms with E-state index in [0.717, 1.165) is 28.1 Å². The molecule has 6 aromatic rings. The minimum Gasteiger partial charge on any atom is -0.497 e. The summed E-state index contributed by atoms with van der Waals surface area (Å²) in [6, 6.07) is 28.0. The summed E-state index contributed by atoms with van der Waals surface area (Å²) in [5.41, 5.74) is 5.27. The number of hydrogen-bond acceptors (Lipinski definition) is 13. The van der Waals surface area contributed by atoms with E-state index in [1.165, 1.54) is 24.3 Å². The number of carbonyl (C=O) groups is 2. The summed E-state index contributed by atoms with van der Waals surface area (Å²) in [4.78, 5) is 31.4. The number of halogens is 2. The van der Waals surface area contributed by atoms with Gasteiger partial charge in [0.05, 0.1) is 37.2 Å². The number of fused-ring (bicyclic) bond motifs is 4. The van der Waals surface area contributed by atoms with Crippen LogP contribution in [0.5, 0.6) is 34.6 Å². The van der Waals surface area contributed by atoms with Crippen LogP contribution in [-0.2, 0) is 43.0 Å². The lowest BCUT2D eigenvalue weighted by Gasteiger charge is -2.32. The van der Waals surface area contributed by atoms with Crippen molar-refractivity contribution in [2.24, 2.45) is 0 Å². The van der Waals surface area contributed by atoms with Gasteiger partial charge in [-0.1, -0.05) is 12.1 Å². The van der Waals surface area contributed by atoms with Gasteiger partial charge < -0.3 is 47.4 Å². The molecule has 10 rings (SSSR count). The molecule has 2 fully saturated rings.